The summed E-state index contributed by atoms with van der Waals surface area (Å²) >= 11 is 0. The topological polar surface area (TPSA) is 62.5 Å². The Labute approximate surface area is 193 Å². The first kappa shape index (κ1) is 21.1. The van der Waals surface area contributed by atoms with Gasteiger partial charge in [0.2, 0.25) is 11.8 Å². The third-order valence-corrected chi connectivity index (χ3v) is 6.23. The zero-order valence-electron chi connectivity index (χ0n) is 18.8. The Morgan fingerprint density at radius 2 is 1.42 bits per heavy atom. The normalized spacial score (nSPS) is 15.8. The summed E-state index contributed by atoms with van der Waals surface area (Å²) < 4.78 is 5.93. The van der Waals surface area contributed by atoms with E-state index in [1.165, 1.54) is 12.1 Å². The monoisotopic (exact) mass is 438 g/mol. The predicted octanol–water partition coefficient (Wildman–Crippen LogP) is 4.77. The van der Waals surface area contributed by atoms with Gasteiger partial charge < -0.3 is 14.2 Å². The summed E-state index contributed by atoms with van der Waals surface area (Å²) in [6.07, 6.45) is 1.18. The molecule has 0 spiro atoms. The van der Waals surface area contributed by atoms with Crippen LogP contribution in [0.2, 0.25) is 0 Å². The van der Waals surface area contributed by atoms with E-state index in [-0.39, 0.29) is 5.78 Å². The quantitative estimate of drug-likeness (QED) is 0.404. The fourth-order valence-electron chi connectivity index (χ4n) is 4.19. The molecule has 2 heterocycles. The second kappa shape index (κ2) is 9.00. The number of aromatic nitrogens is 2. The van der Waals surface area contributed by atoms with Crippen LogP contribution < -0.4 is 4.90 Å². The summed E-state index contributed by atoms with van der Waals surface area (Å²) in [4.78, 5) is 17.3. The lowest BCUT2D eigenvalue weighted by molar-refractivity contribution is 0.103. The number of hydrogen-bond donors (Lipinski definition) is 0. The van der Waals surface area contributed by atoms with Crippen LogP contribution in [0.4, 0.5) is 5.69 Å². The predicted molar refractivity (Wildman–Crippen MR) is 129 cm³/mol. The number of anilines is 1. The van der Waals surface area contributed by atoms with Crippen molar-refractivity contribution in [3.8, 4) is 22.9 Å². The van der Waals surface area contributed by atoms with Crippen LogP contribution in [0, 0.1) is 0 Å². The minimum atomic E-state index is -0.0108. The molecule has 0 N–H and O–H groups in total. The van der Waals surface area contributed by atoms with Crippen molar-refractivity contribution >= 4 is 11.5 Å². The molecule has 5 rings (SSSR count). The highest BCUT2D eigenvalue weighted by Crippen LogP contribution is 2.28. The smallest absolute Gasteiger partial charge is 0.248 e. The van der Waals surface area contributed by atoms with E-state index < -0.39 is 0 Å². The van der Waals surface area contributed by atoms with E-state index in [0.29, 0.717) is 29.0 Å². The average Bonchev–Trinajstić information content (AvgIpc) is 3.55. The summed E-state index contributed by atoms with van der Waals surface area (Å²) in [6.45, 7) is 2.11. The maximum atomic E-state index is 12.6. The van der Waals surface area contributed by atoms with Crippen molar-refractivity contribution in [2.75, 3.05) is 32.1 Å². The molecule has 33 heavy (non-hydrogen) atoms. The third-order valence-electron chi connectivity index (χ3n) is 6.23. The summed E-state index contributed by atoms with van der Waals surface area (Å²) in [7, 11) is 4.28. The molecule has 3 aromatic carbocycles. The zero-order valence-corrected chi connectivity index (χ0v) is 18.8. The maximum Gasteiger partial charge on any atom is 0.248 e. The molecule has 1 aromatic heterocycles. The van der Waals surface area contributed by atoms with Crippen molar-refractivity contribution in [3.05, 3.63) is 90.0 Å². The molecule has 0 amide bonds. The van der Waals surface area contributed by atoms with Gasteiger partial charge in [0.1, 0.15) is 0 Å². The van der Waals surface area contributed by atoms with Gasteiger partial charge in [-0.15, -0.1) is 10.2 Å². The zero-order chi connectivity index (χ0) is 22.8. The van der Waals surface area contributed by atoms with Crippen LogP contribution in [0.15, 0.2) is 83.3 Å². The lowest BCUT2D eigenvalue weighted by Gasteiger charge is -2.21. The van der Waals surface area contributed by atoms with Crippen LogP contribution in [0.1, 0.15) is 22.3 Å². The molecule has 6 heteroatoms. The van der Waals surface area contributed by atoms with E-state index >= 15 is 0 Å². The maximum absolute atomic E-state index is 12.6. The number of carbonyl (C=O) groups excluding carboxylic acids is 1. The molecule has 0 bridgehead atoms. The van der Waals surface area contributed by atoms with Crippen LogP contribution in [0.3, 0.4) is 0 Å². The second-order valence-corrected chi connectivity index (χ2v) is 8.58. The molecule has 1 unspecified atom stereocenters. The van der Waals surface area contributed by atoms with Crippen LogP contribution in [0.25, 0.3) is 22.9 Å². The molecule has 1 fully saturated rings. The van der Waals surface area contributed by atoms with E-state index in [9.17, 15) is 4.79 Å². The Morgan fingerprint density at radius 1 is 0.848 bits per heavy atom. The molecule has 0 radical (unpaired) electrons. The van der Waals surface area contributed by atoms with Crippen molar-refractivity contribution in [3.63, 3.8) is 0 Å². The van der Waals surface area contributed by atoms with Crippen molar-refractivity contribution in [2.24, 2.45) is 0 Å². The van der Waals surface area contributed by atoms with E-state index in [1.807, 2.05) is 54.6 Å². The molecule has 1 atom stereocenters. The molecule has 0 saturated carbocycles. The highest BCUT2D eigenvalue weighted by Gasteiger charge is 2.24. The minimum absolute atomic E-state index is 0.0108. The molecule has 1 aliphatic rings. The van der Waals surface area contributed by atoms with Gasteiger partial charge in [-0.25, -0.2) is 0 Å². The van der Waals surface area contributed by atoms with Gasteiger partial charge >= 0.3 is 0 Å². The molecule has 1 saturated heterocycles. The van der Waals surface area contributed by atoms with Gasteiger partial charge in [0.25, 0.3) is 0 Å². The Balaban J connectivity index is 1.29. The van der Waals surface area contributed by atoms with Crippen LogP contribution in [-0.2, 0) is 0 Å². The molecule has 166 valence electrons. The van der Waals surface area contributed by atoms with Crippen LogP contribution >= 0.6 is 0 Å². The van der Waals surface area contributed by atoms with Crippen LogP contribution in [-0.4, -0.2) is 54.1 Å². The molecular formula is C27H26N4O2. The molecule has 6 nitrogen and oxygen atoms in total. The highest BCUT2D eigenvalue weighted by atomic mass is 16.4. The molecule has 1 aliphatic heterocycles. The first-order chi connectivity index (χ1) is 16.1. The van der Waals surface area contributed by atoms with Gasteiger partial charge in [0.05, 0.1) is 0 Å². The van der Waals surface area contributed by atoms with Gasteiger partial charge in [-0.1, -0.05) is 42.5 Å². The van der Waals surface area contributed by atoms with Gasteiger partial charge in [0.15, 0.2) is 5.78 Å². The standard InChI is InChI=1S/C27H26N4O2/c1-30(2)24-16-17-31(18-24)23-14-12-22(13-15-23)27-29-28-26(33-27)21-10-8-20(9-11-21)25(32)19-6-4-3-5-7-19/h3-15,24H,16-18H2,1-2H3. The lowest BCUT2D eigenvalue weighted by Crippen LogP contribution is -2.31. The van der Waals surface area contributed by atoms with Crippen molar-refractivity contribution in [1.29, 1.82) is 0 Å². The van der Waals surface area contributed by atoms with E-state index in [4.69, 9.17) is 4.42 Å². The van der Waals surface area contributed by atoms with E-state index in [2.05, 4.69) is 46.2 Å². The van der Waals surface area contributed by atoms with Crippen molar-refractivity contribution < 1.29 is 9.21 Å². The van der Waals surface area contributed by atoms with Crippen LogP contribution in [0.5, 0.6) is 0 Å². The molecule has 4 aromatic rings. The summed E-state index contributed by atoms with van der Waals surface area (Å²) in [5, 5.41) is 8.43. The molecular weight excluding hydrogens is 412 g/mol. The van der Waals surface area contributed by atoms with Crippen molar-refractivity contribution in [1.82, 2.24) is 15.1 Å². The van der Waals surface area contributed by atoms with Gasteiger partial charge in [-0.2, -0.15) is 0 Å². The number of rotatable bonds is 6. The SMILES string of the molecule is CN(C)C1CCN(c2ccc(-c3nnc(-c4ccc(C(=O)c5ccccc5)cc4)o3)cc2)C1. The number of nitrogens with zero attached hydrogens (tertiary/aromatic N) is 4. The average molecular weight is 439 g/mol. The number of likely N-dealkylation sites (N-methyl/N-ethyl adjacent to an activating group) is 1. The fraction of sp³-hybridized carbons (Fsp3) is 0.222. The Hall–Kier alpha value is -3.77. The Kier molecular flexibility index (Phi) is 5.75. The summed E-state index contributed by atoms with van der Waals surface area (Å²) in [5.41, 5.74) is 4.17. The van der Waals surface area contributed by atoms with E-state index in [0.717, 1.165) is 24.2 Å². The Morgan fingerprint density at radius 3 is 2.00 bits per heavy atom. The number of benzene rings is 3. The third kappa shape index (κ3) is 4.43. The van der Waals surface area contributed by atoms with Gasteiger partial charge in [-0.05, 0) is 56.9 Å². The highest BCUT2D eigenvalue weighted by molar-refractivity contribution is 6.09. The summed E-state index contributed by atoms with van der Waals surface area (Å²) in [6, 6.07) is 25.4. The number of hydrogen-bond acceptors (Lipinski definition) is 6. The lowest BCUT2D eigenvalue weighted by atomic mass is 10.0. The van der Waals surface area contributed by atoms with Crippen molar-refractivity contribution in [2.45, 2.75) is 12.5 Å². The first-order valence-corrected chi connectivity index (χ1v) is 11.1. The fourth-order valence-corrected chi connectivity index (χ4v) is 4.19. The first-order valence-electron chi connectivity index (χ1n) is 11.1. The Bertz CT molecular complexity index is 1230. The largest absolute Gasteiger partial charge is 0.416 e. The minimum Gasteiger partial charge on any atom is -0.416 e. The second-order valence-electron chi connectivity index (χ2n) is 8.58. The summed E-state index contributed by atoms with van der Waals surface area (Å²) in [5.74, 6) is 0.901. The van der Waals surface area contributed by atoms with E-state index in [1.54, 1.807) is 12.1 Å². The number of carbonyl (C=O) groups is 1. The number of ketones is 1. The van der Waals surface area contributed by atoms with Gasteiger partial charge in [-0.3, -0.25) is 4.79 Å². The van der Waals surface area contributed by atoms with Gasteiger partial charge in [0, 0.05) is 47.1 Å². The molecule has 0 aliphatic carbocycles.